The molecule has 0 spiro atoms. The molecule has 0 fully saturated rings. The number of hydrogen-bond donors (Lipinski definition) is 0. The highest BCUT2D eigenvalue weighted by molar-refractivity contribution is 6.12. The zero-order valence-electron chi connectivity index (χ0n) is 37.7. The molecule has 11 aromatic rings. The maximum Gasteiger partial charge on any atom is 0.0541 e. The Morgan fingerprint density at radius 1 is 0.333 bits per heavy atom. The van der Waals surface area contributed by atoms with Gasteiger partial charge in [-0.2, -0.15) is 0 Å². The topological polar surface area (TPSA) is 8.17 Å². The predicted octanol–water partition coefficient (Wildman–Crippen LogP) is 17.4. The third-order valence-corrected chi connectivity index (χ3v) is 15.0. The van der Waals surface area contributed by atoms with E-state index in [-0.39, 0.29) is 10.8 Å². The van der Waals surface area contributed by atoms with Crippen LogP contribution in [0.5, 0.6) is 0 Å². The molecule has 10 aromatic carbocycles. The fourth-order valence-corrected chi connectivity index (χ4v) is 12.0. The minimum absolute atomic E-state index is 0.0950. The third-order valence-electron chi connectivity index (χ3n) is 15.0. The first-order valence-corrected chi connectivity index (χ1v) is 23.3. The van der Waals surface area contributed by atoms with Gasteiger partial charge < -0.3 is 9.47 Å². The monoisotopic (exact) mass is 844 g/mol. The van der Waals surface area contributed by atoms with Gasteiger partial charge in [0.05, 0.1) is 22.4 Å². The first-order valence-electron chi connectivity index (χ1n) is 23.3. The van der Waals surface area contributed by atoms with Gasteiger partial charge in [-0.15, -0.1) is 0 Å². The Kier molecular flexibility index (Phi) is 8.33. The van der Waals surface area contributed by atoms with E-state index in [9.17, 15) is 0 Å². The van der Waals surface area contributed by atoms with Gasteiger partial charge in [-0.05, 0) is 115 Å². The van der Waals surface area contributed by atoms with Crippen LogP contribution >= 0.6 is 0 Å². The highest BCUT2D eigenvalue weighted by Crippen LogP contribution is 2.54. The van der Waals surface area contributed by atoms with Crippen molar-refractivity contribution < 1.29 is 0 Å². The van der Waals surface area contributed by atoms with Crippen molar-refractivity contribution in [3.8, 4) is 50.2 Å². The van der Waals surface area contributed by atoms with E-state index in [1.807, 2.05) is 0 Å². The van der Waals surface area contributed by atoms with Crippen LogP contribution in [0.2, 0.25) is 0 Å². The van der Waals surface area contributed by atoms with Gasteiger partial charge in [0.25, 0.3) is 0 Å². The van der Waals surface area contributed by atoms with Crippen LogP contribution in [0.15, 0.2) is 218 Å². The van der Waals surface area contributed by atoms with Crippen LogP contribution in [0.4, 0.5) is 17.1 Å². The van der Waals surface area contributed by atoms with Crippen LogP contribution in [0.3, 0.4) is 0 Å². The zero-order valence-corrected chi connectivity index (χ0v) is 37.7. The number of fused-ring (bicyclic) bond motifs is 10. The van der Waals surface area contributed by atoms with Gasteiger partial charge in [-0.3, -0.25) is 0 Å². The van der Waals surface area contributed by atoms with E-state index in [4.69, 9.17) is 0 Å². The van der Waals surface area contributed by atoms with Gasteiger partial charge in [0.1, 0.15) is 0 Å². The van der Waals surface area contributed by atoms with Crippen molar-refractivity contribution in [3.05, 3.63) is 241 Å². The van der Waals surface area contributed by atoms with Crippen LogP contribution in [0.1, 0.15) is 49.9 Å². The Morgan fingerprint density at radius 3 is 1.61 bits per heavy atom. The van der Waals surface area contributed by atoms with Crippen molar-refractivity contribution in [2.24, 2.45) is 0 Å². The van der Waals surface area contributed by atoms with E-state index in [1.54, 1.807) is 0 Å². The molecule has 0 bridgehead atoms. The van der Waals surface area contributed by atoms with Crippen LogP contribution in [0.25, 0.3) is 82.8 Å². The van der Waals surface area contributed by atoms with Gasteiger partial charge in [0, 0.05) is 43.9 Å². The second-order valence-electron chi connectivity index (χ2n) is 19.2. The lowest BCUT2D eigenvalue weighted by molar-refractivity contribution is 0.660. The predicted molar refractivity (Wildman–Crippen MR) is 279 cm³/mol. The molecule has 2 aliphatic carbocycles. The largest absolute Gasteiger partial charge is 0.310 e. The molecule has 1 heterocycles. The zero-order chi connectivity index (χ0) is 44.3. The van der Waals surface area contributed by atoms with Gasteiger partial charge in [0.15, 0.2) is 0 Å². The molecule has 0 unspecified atom stereocenters. The average molecular weight is 845 g/mol. The van der Waals surface area contributed by atoms with Crippen molar-refractivity contribution in [1.82, 2.24) is 4.57 Å². The Balaban J connectivity index is 1.03. The number of rotatable bonds is 6. The fourth-order valence-electron chi connectivity index (χ4n) is 12.0. The number of benzene rings is 10. The number of aromatic nitrogens is 1. The quantitative estimate of drug-likeness (QED) is 0.162. The Bertz CT molecular complexity index is 3730. The van der Waals surface area contributed by atoms with Crippen LogP contribution in [-0.4, -0.2) is 4.57 Å². The van der Waals surface area contributed by atoms with E-state index >= 15 is 0 Å². The second kappa shape index (κ2) is 14.3. The molecule has 0 N–H and O–H groups in total. The second-order valence-corrected chi connectivity index (χ2v) is 19.2. The smallest absolute Gasteiger partial charge is 0.0541 e. The van der Waals surface area contributed by atoms with Gasteiger partial charge in [-0.25, -0.2) is 0 Å². The molecular formula is C64H48N2. The molecule has 2 heteroatoms. The molecule has 1 aromatic heterocycles. The average Bonchev–Trinajstić information content (AvgIpc) is 3.91. The summed E-state index contributed by atoms with van der Waals surface area (Å²) in [6.07, 6.45) is 0. The van der Waals surface area contributed by atoms with Crippen LogP contribution in [-0.2, 0) is 10.8 Å². The maximum absolute atomic E-state index is 2.51. The standard InChI is InChI=1S/C64H48N2/c1-63(2)55-30-12-8-23-48(55)54-40-43(35-37-57(54)63)65(42-20-17-19-41(39-42)44-28-18-29-53-47-22-7-13-31-56(47)64(3,4)62(44)53)58-32-14-9-25-50(58)46-36-38-61(49-24-6-5-21-45(46)49)66-59-33-15-10-26-51(59)52-27-11-16-34-60(52)66/h5-40H,1-4H3. The molecule has 2 nitrogen and oxygen atoms in total. The number of hydrogen-bond acceptors (Lipinski definition) is 1. The molecule has 0 amide bonds. The van der Waals surface area contributed by atoms with Crippen LogP contribution < -0.4 is 4.90 Å². The molecule has 0 saturated carbocycles. The molecule has 13 rings (SSSR count). The van der Waals surface area contributed by atoms with Gasteiger partial charge >= 0.3 is 0 Å². The lowest BCUT2D eigenvalue weighted by Crippen LogP contribution is -2.16. The van der Waals surface area contributed by atoms with Crippen LogP contribution in [0, 0.1) is 0 Å². The van der Waals surface area contributed by atoms with Gasteiger partial charge in [-0.1, -0.05) is 198 Å². The Hall–Kier alpha value is -7.94. The van der Waals surface area contributed by atoms with Crippen molar-refractivity contribution >= 4 is 49.6 Å². The molecule has 0 atom stereocenters. The SMILES string of the molecule is CC1(C)c2ccccc2-c2cc(N(c3cccc(-c4cccc5c4C(C)(C)c4ccccc4-5)c3)c3ccccc3-c3ccc(-n4c5ccccc5c5ccccc54)c4ccccc34)ccc21. The lowest BCUT2D eigenvalue weighted by Gasteiger charge is -2.30. The van der Waals surface area contributed by atoms with Crippen molar-refractivity contribution in [2.75, 3.05) is 4.90 Å². The third kappa shape index (κ3) is 5.48. The number of para-hydroxylation sites is 3. The molecular weight excluding hydrogens is 797 g/mol. The highest BCUT2D eigenvalue weighted by atomic mass is 15.1. The first kappa shape index (κ1) is 38.5. The molecule has 0 aliphatic heterocycles. The van der Waals surface area contributed by atoms with Gasteiger partial charge in [0.2, 0.25) is 0 Å². The maximum atomic E-state index is 2.51. The summed E-state index contributed by atoms with van der Waals surface area (Å²) < 4.78 is 2.45. The normalized spacial score (nSPS) is 14.0. The summed E-state index contributed by atoms with van der Waals surface area (Å²) in [4.78, 5) is 2.51. The summed E-state index contributed by atoms with van der Waals surface area (Å²) in [6, 6.07) is 81.4. The minimum Gasteiger partial charge on any atom is -0.310 e. The van der Waals surface area contributed by atoms with Crippen molar-refractivity contribution in [2.45, 2.75) is 38.5 Å². The van der Waals surface area contributed by atoms with Crippen molar-refractivity contribution in [1.29, 1.82) is 0 Å². The molecule has 0 saturated heterocycles. The summed E-state index contributed by atoms with van der Waals surface area (Å²) in [6.45, 7) is 9.49. The van der Waals surface area contributed by atoms with E-state index in [2.05, 4.69) is 256 Å². The highest BCUT2D eigenvalue weighted by Gasteiger charge is 2.38. The summed E-state index contributed by atoms with van der Waals surface area (Å²) in [7, 11) is 0. The number of anilines is 3. The van der Waals surface area contributed by atoms with E-state index in [0.29, 0.717) is 0 Å². The van der Waals surface area contributed by atoms with E-state index in [0.717, 1.165) is 17.1 Å². The fraction of sp³-hybridized carbons (Fsp3) is 0.0938. The first-order chi connectivity index (χ1) is 32.3. The number of nitrogens with zero attached hydrogens (tertiary/aromatic N) is 2. The lowest BCUT2D eigenvalue weighted by atomic mass is 9.79. The molecule has 314 valence electrons. The Labute approximate surface area is 386 Å². The molecule has 0 radical (unpaired) electrons. The molecule has 66 heavy (non-hydrogen) atoms. The minimum atomic E-state index is -0.141. The summed E-state index contributed by atoms with van der Waals surface area (Å²) in [5, 5.41) is 4.95. The summed E-state index contributed by atoms with van der Waals surface area (Å²) in [5.74, 6) is 0. The van der Waals surface area contributed by atoms with Crippen molar-refractivity contribution in [3.63, 3.8) is 0 Å². The van der Waals surface area contributed by atoms with E-state index in [1.165, 1.54) is 105 Å². The summed E-state index contributed by atoms with van der Waals surface area (Å²) in [5.41, 5.74) is 22.4. The summed E-state index contributed by atoms with van der Waals surface area (Å²) >= 11 is 0. The Morgan fingerprint density at radius 2 is 0.864 bits per heavy atom. The molecule has 2 aliphatic rings. The van der Waals surface area contributed by atoms with E-state index < -0.39 is 0 Å².